The van der Waals surface area contributed by atoms with Gasteiger partial charge in [-0.1, -0.05) is 17.7 Å². The van der Waals surface area contributed by atoms with E-state index in [0.717, 1.165) is 34.1 Å². The van der Waals surface area contributed by atoms with Gasteiger partial charge in [0.2, 0.25) is 5.91 Å². The molecule has 5 nitrogen and oxygen atoms in total. The maximum atomic E-state index is 12.3. The number of amides is 1. The molecule has 0 fully saturated rings. The molecule has 3 aromatic rings. The summed E-state index contributed by atoms with van der Waals surface area (Å²) in [4.78, 5) is 12.3. The van der Waals surface area contributed by atoms with Gasteiger partial charge in [-0.15, -0.1) is 0 Å². The van der Waals surface area contributed by atoms with Crippen molar-refractivity contribution < 1.29 is 18.7 Å². The van der Waals surface area contributed by atoms with E-state index >= 15 is 0 Å². The molecule has 1 aromatic heterocycles. The lowest BCUT2D eigenvalue weighted by molar-refractivity contribution is -0.120. The molecule has 0 spiro atoms. The van der Waals surface area contributed by atoms with E-state index in [2.05, 4.69) is 5.32 Å². The average molecular weight is 353 g/mol. The van der Waals surface area contributed by atoms with Gasteiger partial charge in [-0.05, 0) is 43.2 Å². The third-order valence-electron chi connectivity index (χ3n) is 4.34. The van der Waals surface area contributed by atoms with Crippen molar-refractivity contribution in [2.24, 2.45) is 0 Å². The first-order valence-corrected chi connectivity index (χ1v) is 8.55. The zero-order valence-electron chi connectivity index (χ0n) is 15.3. The van der Waals surface area contributed by atoms with Crippen LogP contribution in [-0.4, -0.2) is 26.7 Å². The molecule has 26 heavy (non-hydrogen) atoms. The van der Waals surface area contributed by atoms with Crippen molar-refractivity contribution in [1.29, 1.82) is 0 Å². The van der Waals surface area contributed by atoms with E-state index in [0.29, 0.717) is 24.5 Å². The van der Waals surface area contributed by atoms with Crippen molar-refractivity contribution in [2.75, 3.05) is 20.8 Å². The van der Waals surface area contributed by atoms with Gasteiger partial charge in [0.05, 0.1) is 26.9 Å². The minimum absolute atomic E-state index is 0.0188. The van der Waals surface area contributed by atoms with E-state index in [4.69, 9.17) is 13.9 Å². The van der Waals surface area contributed by atoms with Gasteiger partial charge >= 0.3 is 0 Å². The van der Waals surface area contributed by atoms with Crippen LogP contribution in [-0.2, 0) is 17.6 Å². The Bertz CT molecular complexity index is 914. The number of hydrogen-bond donors (Lipinski definition) is 1. The number of hydrogen-bond acceptors (Lipinski definition) is 4. The van der Waals surface area contributed by atoms with E-state index in [1.807, 2.05) is 43.3 Å². The Morgan fingerprint density at radius 2 is 1.88 bits per heavy atom. The van der Waals surface area contributed by atoms with E-state index in [-0.39, 0.29) is 5.91 Å². The first-order chi connectivity index (χ1) is 12.6. The van der Waals surface area contributed by atoms with Gasteiger partial charge in [-0.2, -0.15) is 0 Å². The molecular weight excluding hydrogens is 330 g/mol. The summed E-state index contributed by atoms with van der Waals surface area (Å²) in [6, 6.07) is 11.8. The molecule has 0 aliphatic carbocycles. The van der Waals surface area contributed by atoms with Crippen LogP contribution in [0.25, 0.3) is 11.0 Å². The van der Waals surface area contributed by atoms with Crippen LogP contribution >= 0.6 is 0 Å². The minimum atomic E-state index is -0.0188. The molecule has 2 aromatic carbocycles. The zero-order valence-corrected chi connectivity index (χ0v) is 15.3. The molecule has 0 aliphatic heterocycles. The van der Waals surface area contributed by atoms with E-state index < -0.39 is 0 Å². The summed E-state index contributed by atoms with van der Waals surface area (Å²) in [6.45, 7) is 2.59. The number of nitrogens with one attached hydrogen (secondary N) is 1. The second-order valence-electron chi connectivity index (χ2n) is 6.23. The van der Waals surface area contributed by atoms with Gasteiger partial charge in [0.15, 0.2) is 11.5 Å². The minimum Gasteiger partial charge on any atom is -0.493 e. The predicted molar refractivity (Wildman–Crippen MR) is 101 cm³/mol. The average Bonchev–Trinajstić information content (AvgIpc) is 3.03. The molecule has 0 radical (unpaired) electrons. The third-order valence-corrected chi connectivity index (χ3v) is 4.34. The van der Waals surface area contributed by atoms with E-state index in [1.165, 1.54) is 0 Å². The molecule has 3 rings (SSSR count). The number of methoxy groups -OCH3 is 2. The number of fused-ring (bicyclic) bond motifs is 1. The maximum absolute atomic E-state index is 12.3. The van der Waals surface area contributed by atoms with Crippen LogP contribution in [0, 0.1) is 6.92 Å². The van der Waals surface area contributed by atoms with Crippen molar-refractivity contribution in [3.8, 4) is 11.5 Å². The lowest BCUT2D eigenvalue weighted by Gasteiger charge is -2.10. The highest BCUT2D eigenvalue weighted by Crippen LogP contribution is 2.27. The number of benzene rings is 2. The molecule has 0 aliphatic rings. The van der Waals surface area contributed by atoms with E-state index in [9.17, 15) is 4.79 Å². The molecular formula is C21H23NO4. The quantitative estimate of drug-likeness (QED) is 0.704. The lowest BCUT2D eigenvalue weighted by Crippen LogP contribution is -2.27. The summed E-state index contributed by atoms with van der Waals surface area (Å²) in [5, 5.41) is 3.96. The second-order valence-corrected chi connectivity index (χ2v) is 6.23. The third kappa shape index (κ3) is 3.99. The fourth-order valence-electron chi connectivity index (χ4n) is 2.95. The van der Waals surface area contributed by atoms with Crippen LogP contribution in [0.1, 0.15) is 16.7 Å². The van der Waals surface area contributed by atoms with Gasteiger partial charge in [-0.25, -0.2) is 0 Å². The molecule has 5 heteroatoms. The monoisotopic (exact) mass is 353 g/mol. The predicted octanol–water partition coefficient (Wildman–Crippen LogP) is 3.66. The topological polar surface area (TPSA) is 60.7 Å². The normalized spacial score (nSPS) is 10.7. The Balaban J connectivity index is 1.56. The molecule has 136 valence electrons. The first kappa shape index (κ1) is 17.9. The van der Waals surface area contributed by atoms with Crippen molar-refractivity contribution in [3.05, 3.63) is 59.4 Å². The zero-order chi connectivity index (χ0) is 18.5. The van der Waals surface area contributed by atoms with Crippen LogP contribution in [0.4, 0.5) is 0 Å². The molecule has 0 saturated heterocycles. The molecule has 1 heterocycles. The van der Waals surface area contributed by atoms with Crippen molar-refractivity contribution >= 4 is 16.9 Å². The molecule has 0 saturated carbocycles. The van der Waals surface area contributed by atoms with Crippen molar-refractivity contribution in [2.45, 2.75) is 19.8 Å². The summed E-state index contributed by atoms with van der Waals surface area (Å²) in [5.74, 6) is 1.37. The standard InChI is InChI=1S/C21H23NO4/c1-14-4-6-18-17(10-14)16(13-26-18)12-21(23)22-9-8-15-5-7-19(24-2)20(11-15)25-3/h4-7,10-11,13H,8-9,12H2,1-3H3,(H,22,23). The smallest absolute Gasteiger partial charge is 0.224 e. The maximum Gasteiger partial charge on any atom is 0.224 e. The highest BCUT2D eigenvalue weighted by atomic mass is 16.5. The van der Waals surface area contributed by atoms with Gasteiger partial charge in [0, 0.05) is 17.5 Å². The number of furan rings is 1. The number of carbonyl (C=O) groups excluding carboxylic acids is 1. The summed E-state index contributed by atoms with van der Waals surface area (Å²) in [7, 11) is 3.22. The highest BCUT2D eigenvalue weighted by Gasteiger charge is 2.11. The second kappa shape index (κ2) is 7.95. The van der Waals surface area contributed by atoms with Gasteiger partial charge in [0.1, 0.15) is 5.58 Å². The lowest BCUT2D eigenvalue weighted by atomic mass is 10.1. The Morgan fingerprint density at radius 3 is 2.65 bits per heavy atom. The molecule has 0 unspecified atom stereocenters. The van der Waals surface area contributed by atoms with E-state index in [1.54, 1.807) is 20.5 Å². The summed E-state index contributed by atoms with van der Waals surface area (Å²) in [5.41, 5.74) is 3.94. The van der Waals surface area contributed by atoms with Crippen molar-refractivity contribution in [3.63, 3.8) is 0 Å². The van der Waals surface area contributed by atoms with Crippen LogP contribution in [0.3, 0.4) is 0 Å². The molecule has 1 N–H and O–H groups in total. The van der Waals surface area contributed by atoms with Gasteiger partial charge in [0.25, 0.3) is 0 Å². The summed E-state index contributed by atoms with van der Waals surface area (Å²) in [6.07, 6.45) is 2.69. The van der Waals surface area contributed by atoms with Crippen LogP contribution in [0.15, 0.2) is 47.1 Å². The number of rotatable bonds is 7. The highest BCUT2D eigenvalue weighted by molar-refractivity contribution is 5.88. The van der Waals surface area contributed by atoms with Crippen LogP contribution in [0.2, 0.25) is 0 Å². The summed E-state index contributed by atoms with van der Waals surface area (Å²) < 4.78 is 16.1. The Labute approximate surface area is 152 Å². The largest absolute Gasteiger partial charge is 0.493 e. The SMILES string of the molecule is COc1ccc(CCNC(=O)Cc2coc3ccc(C)cc23)cc1OC. The summed E-state index contributed by atoms with van der Waals surface area (Å²) >= 11 is 0. The number of carbonyl (C=O) groups is 1. The fraction of sp³-hybridized carbons (Fsp3) is 0.286. The fourth-order valence-corrected chi connectivity index (χ4v) is 2.95. The molecule has 0 atom stereocenters. The number of ether oxygens (including phenoxy) is 2. The van der Waals surface area contributed by atoms with Crippen LogP contribution in [0.5, 0.6) is 11.5 Å². The Morgan fingerprint density at radius 1 is 1.08 bits per heavy atom. The first-order valence-electron chi connectivity index (χ1n) is 8.55. The van der Waals surface area contributed by atoms with Gasteiger partial charge < -0.3 is 19.2 Å². The van der Waals surface area contributed by atoms with Crippen molar-refractivity contribution in [1.82, 2.24) is 5.32 Å². The number of aryl methyl sites for hydroxylation is 1. The van der Waals surface area contributed by atoms with Gasteiger partial charge in [-0.3, -0.25) is 4.79 Å². The van der Waals surface area contributed by atoms with Crippen LogP contribution < -0.4 is 14.8 Å². The molecule has 1 amide bonds. The molecule has 0 bridgehead atoms. The Kier molecular flexibility index (Phi) is 5.46. The Hall–Kier alpha value is -2.95.